The van der Waals surface area contributed by atoms with Crippen LogP contribution in [0.3, 0.4) is 0 Å². The number of nitrogens with zero attached hydrogens (tertiary/aromatic N) is 1. The maximum atomic E-state index is 11.6. The number of carbonyl (C=O) groups is 2. The van der Waals surface area contributed by atoms with Crippen molar-refractivity contribution >= 4 is 11.9 Å². The highest BCUT2D eigenvalue weighted by atomic mass is 16.9. The molecule has 1 amide bonds. The Balaban J connectivity index is 1.96. The van der Waals surface area contributed by atoms with Crippen molar-refractivity contribution in [2.45, 2.75) is 19.8 Å². The van der Waals surface area contributed by atoms with Gasteiger partial charge in [-0.05, 0) is 13.0 Å². The summed E-state index contributed by atoms with van der Waals surface area (Å²) in [7, 11) is 1.28. The Hall–Kier alpha value is -1.70. The van der Waals surface area contributed by atoms with Crippen LogP contribution in [0.1, 0.15) is 13.8 Å². The lowest BCUT2D eigenvalue weighted by Crippen LogP contribution is -2.57. The molecule has 0 aromatic carbocycles. The van der Waals surface area contributed by atoms with Gasteiger partial charge >= 0.3 is 12.1 Å². The molecule has 0 radical (unpaired) electrons. The molecule has 0 spiro atoms. The Labute approximate surface area is 129 Å². The molecule has 3 aliphatic heterocycles. The van der Waals surface area contributed by atoms with Gasteiger partial charge in [-0.15, -0.1) is 0 Å². The summed E-state index contributed by atoms with van der Waals surface area (Å²) in [5, 5.41) is 0. The zero-order chi connectivity index (χ0) is 16.2. The topological polar surface area (TPSA) is 74.3 Å². The molecular formula is C15H21NO6. The van der Waals surface area contributed by atoms with Gasteiger partial charge in [0.15, 0.2) is 5.78 Å². The molecular weight excluding hydrogens is 290 g/mol. The van der Waals surface area contributed by atoms with Crippen molar-refractivity contribution in [3.05, 3.63) is 24.4 Å². The molecule has 3 saturated heterocycles. The largest absolute Gasteiger partial charge is 0.452 e. The number of ketones is 1. The van der Waals surface area contributed by atoms with Gasteiger partial charge in [-0.3, -0.25) is 9.69 Å². The second-order valence-corrected chi connectivity index (χ2v) is 5.73. The first-order valence-corrected chi connectivity index (χ1v) is 7.01. The molecule has 7 nitrogen and oxygen atoms in total. The van der Waals surface area contributed by atoms with Crippen LogP contribution in [0.5, 0.6) is 0 Å². The van der Waals surface area contributed by atoms with E-state index < -0.39 is 12.1 Å². The molecule has 2 bridgehead atoms. The van der Waals surface area contributed by atoms with E-state index in [9.17, 15) is 9.59 Å². The fourth-order valence-electron chi connectivity index (χ4n) is 2.04. The SMILES string of the molecule is COC(=O)N(/C=C/C(C)=O)C/C=C/C12OCC(C)(CO1)CO2. The second kappa shape index (κ2) is 6.60. The Morgan fingerprint density at radius 2 is 1.82 bits per heavy atom. The monoisotopic (exact) mass is 311 g/mol. The normalized spacial score (nSPS) is 30.9. The molecule has 7 heteroatoms. The Kier molecular flexibility index (Phi) is 5.00. The first kappa shape index (κ1) is 16.7. The number of hydrogen-bond acceptors (Lipinski definition) is 6. The third kappa shape index (κ3) is 3.94. The van der Waals surface area contributed by atoms with Crippen LogP contribution in [0.4, 0.5) is 4.79 Å². The fraction of sp³-hybridized carbons (Fsp3) is 0.600. The fourth-order valence-corrected chi connectivity index (χ4v) is 2.04. The van der Waals surface area contributed by atoms with Gasteiger partial charge < -0.3 is 18.9 Å². The molecule has 0 saturated carbocycles. The lowest BCUT2D eigenvalue weighted by Gasteiger charge is -2.49. The molecule has 0 N–H and O–H groups in total. The van der Waals surface area contributed by atoms with Crippen LogP contribution in [0.25, 0.3) is 0 Å². The lowest BCUT2D eigenvalue weighted by molar-refractivity contribution is -0.441. The minimum atomic E-state index is -1.18. The minimum absolute atomic E-state index is 0.0993. The number of methoxy groups -OCH3 is 1. The minimum Gasteiger partial charge on any atom is -0.452 e. The van der Waals surface area contributed by atoms with Crippen molar-refractivity contribution in [3.8, 4) is 0 Å². The Morgan fingerprint density at radius 3 is 2.32 bits per heavy atom. The van der Waals surface area contributed by atoms with Crippen LogP contribution in [0.2, 0.25) is 0 Å². The zero-order valence-electron chi connectivity index (χ0n) is 13.0. The number of amides is 1. The zero-order valence-corrected chi connectivity index (χ0v) is 13.0. The smallest absolute Gasteiger partial charge is 0.413 e. The lowest BCUT2D eigenvalue weighted by atomic mass is 9.92. The van der Waals surface area contributed by atoms with E-state index in [-0.39, 0.29) is 17.7 Å². The van der Waals surface area contributed by atoms with E-state index in [4.69, 9.17) is 14.2 Å². The number of hydrogen-bond donors (Lipinski definition) is 0. The highest BCUT2D eigenvalue weighted by Gasteiger charge is 2.48. The molecule has 0 atom stereocenters. The standard InChI is InChI=1S/C15H21NO6/c1-12(17)5-8-16(13(18)19-3)7-4-6-15-20-9-14(2,10-21-15)11-22-15/h4-6,8H,7,9-11H2,1-3H3/b6-4+,8-5+. The van der Waals surface area contributed by atoms with Gasteiger partial charge in [0.05, 0.1) is 26.9 Å². The molecule has 3 heterocycles. The van der Waals surface area contributed by atoms with Crippen LogP contribution >= 0.6 is 0 Å². The van der Waals surface area contributed by atoms with E-state index in [1.54, 1.807) is 12.2 Å². The van der Waals surface area contributed by atoms with E-state index in [0.29, 0.717) is 19.8 Å². The number of carbonyl (C=O) groups excluding carboxylic acids is 2. The van der Waals surface area contributed by atoms with Crippen LogP contribution in [-0.2, 0) is 23.7 Å². The van der Waals surface area contributed by atoms with Gasteiger partial charge in [-0.1, -0.05) is 13.0 Å². The average Bonchev–Trinajstić information content (AvgIpc) is 2.51. The van der Waals surface area contributed by atoms with Crippen molar-refractivity contribution in [2.75, 3.05) is 33.5 Å². The molecule has 3 rings (SSSR count). The molecule has 3 aliphatic rings. The van der Waals surface area contributed by atoms with Crippen LogP contribution in [0, 0.1) is 5.41 Å². The summed E-state index contributed by atoms with van der Waals surface area (Å²) >= 11 is 0. The van der Waals surface area contributed by atoms with Crippen LogP contribution < -0.4 is 0 Å². The Bertz CT molecular complexity index is 474. The number of allylic oxidation sites excluding steroid dienone is 1. The number of ether oxygens (including phenoxy) is 4. The van der Waals surface area contributed by atoms with Crippen molar-refractivity contribution < 1.29 is 28.5 Å². The van der Waals surface area contributed by atoms with Crippen molar-refractivity contribution in [1.82, 2.24) is 4.90 Å². The quantitative estimate of drug-likeness (QED) is 0.565. The van der Waals surface area contributed by atoms with Gasteiger partial charge in [0.25, 0.3) is 0 Å². The van der Waals surface area contributed by atoms with Gasteiger partial charge in [-0.2, -0.15) is 0 Å². The highest BCUT2D eigenvalue weighted by molar-refractivity contribution is 5.87. The third-order valence-electron chi connectivity index (χ3n) is 3.39. The van der Waals surface area contributed by atoms with Gasteiger partial charge in [-0.25, -0.2) is 4.79 Å². The maximum Gasteiger partial charge on any atom is 0.413 e. The molecule has 0 unspecified atom stereocenters. The summed E-state index contributed by atoms with van der Waals surface area (Å²) in [6.45, 7) is 5.31. The summed E-state index contributed by atoms with van der Waals surface area (Å²) < 4.78 is 21.4. The second-order valence-electron chi connectivity index (χ2n) is 5.73. The predicted molar refractivity (Wildman–Crippen MR) is 76.8 cm³/mol. The third-order valence-corrected chi connectivity index (χ3v) is 3.39. The number of fused-ring (bicyclic) bond motifs is 3. The van der Waals surface area contributed by atoms with E-state index in [0.717, 1.165) is 0 Å². The molecule has 3 fully saturated rings. The van der Waals surface area contributed by atoms with Gasteiger partial charge in [0.1, 0.15) is 0 Å². The summed E-state index contributed by atoms with van der Waals surface area (Å²) in [4.78, 5) is 23.8. The van der Waals surface area contributed by atoms with Crippen LogP contribution in [-0.4, -0.2) is 56.2 Å². The van der Waals surface area contributed by atoms with Crippen LogP contribution in [0.15, 0.2) is 24.4 Å². The van der Waals surface area contributed by atoms with E-state index in [1.165, 1.54) is 31.2 Å². The van der Waals surface area contributed by atoms with Gasteiger partial charge in [0, 0.05) is 24.2 Å². The highest BCUT2D eigenvalue weighted by Crippen LogP contribution is 2.38. The molecule has 0 aromatic heterocycles. The molecule has 22 heavy (non-hydrogen) atoms. The summed E-state index contributed by atoms with van der Waals surface area (Å²) in [5.41, 5.74) is -0.0993. The molecule has 0 aromatic rings. The molecule has 0 aliphatic carbocycles. The van der Waals surface area contributed by atoms with Crippen molar-refractivity contribution in [2.24, 2.45) is 5.41 Å². The van der Waals surface area contributed by atoms with Gasteiger partial charge in [0.2, 0.25) is 0 Å². The first-order chi connectivity index (χ1) is 10.4. The maximum absolute atomic E-state index is 11.6. The molecule has 122 valence electrons. The van der Waals surface area contributed by atoms with Crippen molar-refractivity contribution in [3.63, 3.8) is 0 Å². The summed E-state index contributed by atoms with van der Waals surface area (Å²) in [5.74, 6) is -1.34. The van der Waals surface area contributed by atoms with E-state index >= 15 is 0 Å². The summed E-state index contributed by atoms with van der Waals surface area (Å²) in [6.07, 6.45) is 5.40. The van der Waals surface area contributed by atoms with E-state index in [1.807, 2.05) is 6.92 Å². The predicted octanol–water partition coefficient (Wildman–Crippen LogP) is 1.45. The first-order valence-electron chi connectivity index (χ1n) is 7.01. The van der Waals surface area contributed by atoms with E-state index in [2.05, 4.69) is 4.74 Å². The van der Waals surface area contributed by atoms with Crippen molar-refractivity contribution in [1.29, 1.82) is 0 Å². The summed E-state index contributed by atoms with van der Waals surface area (Å²) in [6, 6.07) is 0. The Morgan fingerprint density at radius 1 is 1.23 bits per heavy atom. The number of rotatable bonds is 5. The average molecular weight is 311 g/mol.